The second kappa shape index (κ2) is 2.62. The van der Waals surface area contributed by atoms with Crippen molar-refractivity contribution < 1.29 is 9.18 Å². The molecule has 12 heavy (non-hydrogen) atoms. The van der Waals surface area contributed by atoms with Gasteiger partial charge in [-0.15, -0.1) is 11.3 Å². The number of alkyl halides is 1. The van der Waals surface area contributed by atoms with E-state index in [1.165, 1.54) is 6.20 Å². The number of nitrogens with zero attached hydrogens (tertiary/aromatic N) is 1. The number of hydrogen-bond acceptors (Lipinski definition) is 3. The van der Waals surface area contributed by atoms with Gasteiger partial charge in [0.15, 0.2) is 12.0 Å². The highest BCUT2D eigenvalue weighted by Gasteiger charge is 2.41. The van der Waals surface area contributed by atoms with Gasteiger partial charge in [0.2, 0.25) is 0 Å². The number of aromatic nitrogens is 1. The minimum atomic E-state index is -1.22. The van der Waals surface area contributed by atoms with Crippen LogP contribution < -0.4 is 0 Å². The Morgan fingerprint density at radius 2 is 2.42 bits per heavy atom. The molecule has 0 N–H and O–H groups in total. The molecule has 0 spiro atoms. The van der Waals surface area contributed by atoms with Crippen LogP contribution in [0.1, 0.15) is 33.9 Å². The van der Waals surface area contributed by atoms with Crippen LogP contribution in [-0.2, 0) is 5.67 Å². The molecule has 0 aliphatic heterocycles. The number of aldehydes is 1. The smallest absolute Gasteiger partial charge is 0.162 e. The lowest BCUT2D eigenvalue weighted by atomic mass is 9.83. The van der Waals surface area contributed by atoms with Crippen molar-refractivity contribution in [1.82, 2.24) is 4.98 Å². The third kappa shape index (κ3) is 1.06. The van der Waals surface area contributed by atoms with Gasteiger partial charge in [0, 0.05) is 6.20 Å². The Labute approximate surface area is 73.4 Å². The molecule has 1 aliphatic carbocycles. The van der Waals surface area contributed by atoms with Crippen LogP contribution in [0.2, 0.25) is 0 Å². The second-order valence-electron chi connectivity index (χ2n) is 3.00. The predicted molar refractivity (Wildman–Crippen MR) is 44.1 cm³/mol. The number of rotatable bonds is 2. The first-order valence-electron chi connectivity index (χ1n) is 3.85. The number of halogens is 1. The van der Waals surface area contributed by atoms with E-state index in [1.54, 1.807) is 0 Å². The number of hydrogen-bond donors (Lipinski definition) is 0. The van der Waals surface area contributed by atoms with E-state index in [0.29, 0.717) is 29.0 Å². The van der Waals surface area contributed by atoms with Crippen LogP contribution in [0.15, 0.2) is 6.20 Å². The molecule has 0 saturated heterocycles. The zero-order valence-electron chi connectivity index (χ0n) is 6.42. The quantitative estimate of drug-likeness (QED) is 0.662. The summed E-state index contributed by atoms with van der Waals surface area (Å²) in [6.07, 6.45) is 4.18. The summed E-state index contributed by atoms with van der Waals surface area (Å²) in [5.74, 6) is 0. The van der Waals surface area contributed by atoms with Gasteiger partial charge in [0.25, 0.3) is 0 Å². The Balaban J connectivity index is 2.27. The molecule has 1 aromatic heterocycles. The van der Waals surface area contributed by atoms with Crippen LogP contribution in [0, 0.1) is 0 Å². The zero-order valence-corrected chi connectivity index (χ0v) is 7.23. The Morgan fingerprint density at radius 3 is 2.83 bits per heavy atom. The summed E-state index contributed by atoms with van der Waals surface area (Å²) in [6.45, 7) is 0. The van der Waals surface area contributed by atoms with Crippen LogP contribution in [-0.4, -0.2) is 11.3 Å². The molecular formula is C8H8FNOS. The predicted octanol–water partition coefficient (Wildman–Crippen LogP) is 2.30. The van der Waals surface area contributed by atoms with Gasteiger partial charge in [-0.05, 0) is 19.3 Å². The van der Waals surface area contributed by atoms with E-state index in [9.17, 15) is 9.18 Å². The Morgan fingerprint density at radius 1 is 1.67 bits per heavy atom. The number of carbonyl (C=O) groups excluding carboxylic acids is 1. The van der Waals surface area contributed by atoms with E-state index in [1.807, 2.05) is 0 Å². The molecule has 0 unspecified atom stereocenters. The lowest BCUT2D eigenvalue weighted by molar-refractivity contribution is 0.0606. The van der Waals surface area contributed by atoms with Crippen molar-refractivity contribution in [3.05, 3.63) is 16.1 Å². The maximum atomic E-state index is 13.6. The minimum absolute atomic E-state index is 0.468. The maximum Gasteiger partial charge on any atom is 0.162 e. The van der Waals surface area contributed by atoms with E-state index in [4.69, 9.17) is 0 Å². The molecule has 0 bridgehead atoms. The van der Waals surface area contributed by atoms with Gasteiger partial charge in [-0.3, -0.25) is 4.79 Å². The first-order valence-corrected chi connectivity index (χ1v) is 4.67. The van der Waals surface area contributed by atoms with Crippen LogP contribution in [0.4, 0.5) is 4.39 Å². The third-order valence-corrected chi connectivity index (χ3v) is 3.27. The highest BCUT2D eigenvalue weighted by Crippen LogP contribution is 2.46. The van der Waals surface area contributed by atoms with Crippen molar-refractivity contribution in [1.29, 1.82) is 0 Å². The molecule has 0 aromatic carbocycles. The van der Waals surface area contributed by atoms with Gasteiger partial charge >= 0.3 is 0 Å². The summed E-state index contributed by atoms with van der Waals surface area (Å²) in [4.78, 5) is 14.7. The first-order chi connectivity index (χ1) is 5.74. The molecule has 1 fully saturated rings. The average molecular weight is 185 g/mol. The first kappa shape index (κ1) is 7.86. The van der Waals surface area contributed by atoms with E-state index in [-0.39, 0.29) is 0 Å². The summed E-state index contributed by atoms with van der Waals surface area (Å²) in [6, 6.07) is 0. The van der Waals surface area contributed by atoms with E-state index in [0.717, 1.165) is 17.8 Å². The fraction of sp³-hybridized carbons (Fsp3) is 0.500. The summed E-state index contributed by atoms with van der Waals surface area (Å²) >= 11 is 1.16. The third-order valence-electron chi connectivity index (χ3n) is 2.17. The molecule has 4 heteroatoms. The van der Waals surface area contributed by atoms with Crippen LogP contribution in [0.25, 0.3) is 0 Å². The van der Waals surface area contributed by atoms with Crippen LogP contribution in [0.3, 0.4) is 0 Å². The monoisotopic (exact) mass is 185 g/mol. The van der Waals surface area contributed by atoms with Gasteiger partial charge < -0.3 is 0 Å². The molecule has 2 nitrogen and oxygen atoms in total. The summed E-state index contributed by atoms with van der Waals surface area (Å²) in [5.41, 5.74) is -1.22. The summed E-state index contributed by atoms with van der Waals surface area (Å²) < 4.78 is 13.6. The molecule has 64 valence electrons. The topological polar surface area (TPSA) is 30.0 Å². The highest BCUT2D eigenvalue weighted by molar-refractivity contribution is 7.13. The largest absolute Gasteiger partial charge is 0.297 e. The molecule has 1 saturated carbocycles. The fourth-order valence-corrected chi connectivity index (χ4v) is 2.12. The van der Waals surface area contributed by atoms with Crippen molar-refractivity contribution in [3.8, 4) is 0 Å². The molecule has 0 radical (unpaired) electrons. The summed E-state index contributed by atoms with van der Waals surface area (Å²) in [5, 5.41) is 0.468. The van der Waals surface area contributed by atoms with Gasteiger partial charge in [-0.1, -0.05) is 0 Å². The second-order valence-corrected chi connectivity index (χ2v) is 4.07. The average Bonchev–Trinajstić information content (AvgIpc) is 2.48. The van der Waals surface area contributed by atoms with Gasteiger partial charge in [-0.25, -0.2) is 9.37 Å². The van der Waals surface area contributed by atoms with Crippen molar-refractivity contribution in [2.75, 3.05) is 0 Å². The Kier molecular flexibility index (Phi) is 1.72. The number of carbonyl (C=O) groups is 1. The maximum absolute atomic E-state index is 13.6. The SMILES string of the molecule is O=Cc1cnc(C2(F)CCC2)s1. The standard InChI is InChI=1S/C8H8FNOS/c9-8(2-1-3-8)7-10-4-6(5-11)12-7/h4-5H,1-3H2. The summed E-state index contributed by atoms with van der Waals surface area (Å²) in [7, 11) is 0. The van der Waals surface area contributed by atoms with Crippen molar-refractivity contribution >= 4 is 17.6 Å². The Hall–Kier alpha value is -0.770. The molecule has 2 rings (SSSR count). The van der Waals surface area contributed by atoms with Crippen LogP contribution in [0.5, 0.6) is 0 Å². The lowest BCUT2D eigenvalue weighted by Crippen LogP contribution is -2.28. The van der Waals surface area contributed by atoms with Crippen molar-refractivity contribution in [3.63, 3.8) is 0 Å². The molecule has 1 heterocycles. The molecule has 0 atom stereocenters. The van der Waals surface area contributed by atoms with E-state index in [2.05, 4.69) is 4.98 Å². The molecular weight excluding hydrogens is 177 g/mol. The molecule has 1 aromatic rings. The Bertz CT molecular complexity index is 306. The van der Waals surface area contributed by atoms with Crippen molar-refractivity contribution in [2.45, 2.75) is 24.9 Å². The van der Waals surface area contributed by atoms with E-state index < -0.39 is 5.67 Å². The normalized spacial score (nSPS) is 20.1. The van der Waals surface area contributed by atoms with Crippen molar-refractivity contribution in [2.24, 2.45) is 0 Å². The lowest BCUT2D eigenvalue weighted by Gasteiger charge is -2.31. The fourth-order valence-electron chi connectivity index (χ4n) is 1.25. The van der Waals surface area contributed by atoms with Gasteiger partial charge in [0.1, 0.15) is 5.01 Å². The van der Waals surface area contributed by atoms with Gasteiger partial charge in [0.05, 0.1) is 4.88 Å². The highest BCUT2D eigenvalue weighted by atomic mass is 32.1. The zero-order chi connectivity index (χ0) is 8.60. The van der Waals surface area contributed by atoms with Crippen LogP contribution >= 0.6 is 11.3 Å². The minimum Gasteiger partial charge on any atom is -0.297 e. The molecule has 1 aliphatic rings. The number of thiazole rings is 1. The molecule has 0 amide bonds. The van der Waals surface area contributed by atoms with E-state index >= 15 is 0 Å². The van der Waals surface area contributed by atoms with Gasteiger partial charge in [-0.2, -0.15) is 0 Å².